The third kappa shape index (κ3) is 27.4. The van der Waals surface area contributed by atoms with Crippen molar-refractivity contribution in [3.05, 3.63) is 251 Å². The molecule has 0 radical (unpaired) electrons. The molecular weight excluding hydrogens is 1260 g/mol. The lowest BCUT2D eigenvalue weighted by Gasteiger charge is -2.49. The number of carbonyl (C=O) groups excluding carboxylic acids is 2. The predicted octanol–water partition coefficient (Wildman–Crippen LogP) is 17.1. The summed E-state index contributed by atoms with van der Waals surface area (Å²) in [5.41, 5.74) is 5.07. The molecule has 0 aliphatic heterocycles. The number of phosphoric ester groups is 2. The van der Waals surface area contributed by atoms with Crippen LogP contribution in [0.15, 0.2) is 212 Å². The van der Waals surface area contributed by atoms with Gasteiger partial charge in [-0.15, -0.1) is 0 Å². The van der Waals surface area contributed by atoms with Gasteiger partial charge in [0, 0.05) is 12.8 Å². The fraction of sp³-hybridized carbons (Fsp3) is 0.421. The highest BCUT2D eigenvalue weighted by Gasteiger charge is 2.59. The van der Waals surface area contributed by atoms with Crippen molar-refractivity contribution >= 4 is 27.6 Å². The van der Waals surface area contributed by atoms with Crippen LogP contribution in [0.1, 0.15) is 130 Å². The van der Waals surface area contributed by atoms with Crippen LogP contribution in [-0.2, 0) is 130 Å². The van der Waals surface area contributed by atoms with Crippen molar-refractivity contribution in [2.75, 3.05) is 26.8 Å². The van der Waals surface area contributed by atoms with Gasteiger partial charge in [0.05, 0.1) is 52.9 Å². The average Bonchev–Trinajstić information content (AvgIpc) is 0.756. The summed E-state index contributed by atoms with van der Waals surface area (Å²) in [6.45, 7) is 1.60. The van der Waals surface area contributed by atoms with Crippen LogP contribution in [0.4, 0.5) is 0 Å². The number of ether oxygens (including phenoxy) is 8. The number of hydrogen-bond donors (Lipinski definition) is 0. The molecule has 0 spiro atoms. The maximum atomic E-state index is 16.4. The Morgan fingerprint density at radius 2 is 0.635 bits per heavy atom. The fourth-order valence-corrected chi connectivity index (χ4v) is 13.3. The van der Waals surface area contributed by atoms with Crippen molar-refractivity contribution in [2.45, 2.75) is 180 Å². The van der Waals surface area contributed by atoms with E-state index in [1.807, 2.05) is 188 Å². The molecule has 0 amide bonds. The summed E-state index contributed by atoms with van der Waals surface area (Å²) in [5.74, 6) is -1.05. The number of unbranched alkanes of at least 4 members (excludes halogenated alkanes) is 8. The summed E-state index contributed by atoms with van der Waals surface area (Å²) in [6, 6.07) is 65.1. The molecule has 7 aromatic carbocycles. The number of phosphoric acid groups is 2. The Bertz CT molecular complexity index is 3160. The molecule has 1 aliphatic rings. The Morgan fingerprint density at radius 1 is 0.333 bits per heavy atom. The highest BCUT2D eigenvalue weighted by molar-refractivity contribution is 7.48. The van der Waals surface area contributed by atoms with Gasteiger partial charge in [0.1, 0.15) is 56.8 Å². The first kappa shape index (κ1) is 75.2. The average molecular weight is 1360 g/mol. The Kier molecular flexibility index (Phi) is 33.7. The monoisotopic (exact) mass is 1360 g/mol. The molecule has 1 aliphatic carbocycles. The van der Waals surface area contributed by atoms with E-state index in [-0.39, 0.29) is 59.1 Å². The smallest absolute Gasteiger partial charge is 0.462 e. The third-order valence-electron chi connectivity index (χ3n) is 15.7. The Hall–Kier alpha value is -6.54. The van der Waals surface area contributed by atoms with Crippen molar-refractivity contribution < 1.29 is 83.8 Å². The second kappa shape index (κ2) is 43.0. The Balaban J connectivity index is 1.25. The van der Waals surface area contributed by atoms with Crippen LogP contribution in [0, 0.1) is 0 Å². The molecule has 7 aromatic rings. The predicted molar refractivity (Wildman–Crippen MR) is 364 cm³/mol. The fourth-order valence-electron chi connectivity index (χ4n) is 10.6. The summed E-state index contributed by atoms with van der Waals surface area (Å²) in [7, 11) is -9.91. The van der Waals surface area contributed by atoms with E-state index in [9.17, 15) is 9.59 Å². The minimum Gasteiger partial charge on any atom is -0.462 e. The van der Waals surface area contributed by atoms with E-state index in [0.29, 0.717) is 29.5 Å². The van der Waals surface area contributed by atoms with Crippen LogP contribution in [0.5, 0.6) is 0 Å². The molecule has 8 atom stereocenters. The maximum absolute atomic E-state index is 16.4. The summed E-state index contributed by atoms with van der Waals surface area (Å²) in [5, 5.41) is 0. The van der Waals surface area contributed by atoms with Gasteiger partial charge in [-0.2, -0.15) is 0 Å². The van der Waals surface area contributed by atoms with Crippen molar-refractivity contribution in [1.29, 1.82) is 0 Å². The lowest BCUT2D eigenvalue weighted by Crippen LogP contribution is -2.67. The van der Waals surface area contributed by atoms with Gasteiger partial charge in [-0.1, -0.05) is 278 Å². The number of carbonyl (C=O) groups is 2. The number of esters is 2. The summed E-state index contributed by atoms with van der Waals surface area (Å²) in [4.78, 5) is 27.1. The Morgan fingerprint density at radius 3 is 0.990 bits per heavy atom. The minimum atomic E-state index is -5.10. The van der Waals surface area contributed by atoms with Gasteiger partial charge in [-0.25, -0.2) is 9.13 Å². The van der Waals surface area contributed by atoms with Gasteiger partial charge in [-0.3, -0.25) is 36.7 Å². The van der Waals surface area contributed by atoms with Gasteiger partial charge in [0.15, 0.2) is 6.10 Å². The van der Waals surface area contributed by atoms with Crippen molar-refractivity contribution in [1.82, 2.24) is 0 Å². The van der Waals surface area contributed by atoms with E-state index in [4.69, 9.17) is 65.0 Å². The first-order valence-electron chi connectivity index (χ1n) is 33.5. The van der Waals surface area contributed by atoms with Gasteiger partial charge in [0.2, 0.25) is 0 Å². The zero-order valence-corrected chi connectivity index (χ0v) is 57.0. The standard InChI is InChI=1S/C76H94O18P2/c1-3-5-7-9-32-48-69(77)83-57-68(92-70(78)49-33-10-8-6-4-2)58-91-96(80,90-56-67-46-30-17-31-47-67)94-76-73(86-59-81-50-61-34-18-11-19-35-61)71(84-52-63-38-22-13-23-39-63)75(93-95(79,88-54-65-42-26-15-27-43-65)89-55-66-44-28-16-29-45-66)72(85-53-64-40-24-14-25-41-64)74(76)87-60-82-51-62-36-20-12-21-37-62/h11-31,34-47,68,71-76H,3-10,32-33,48-60H2,1-2H3/t68-,71-,72+,73+,74+,75?,76?,96?/m0/s1. The topological polar surface area (TPSA) is 197 Å². The Labute approximate surface area is 566 Å². The molecule has 96 heavy (non-hydrogen) atoms. The molecule has 516 valence electrons. The van der Waals surface area contributed by atoms with E-state index < -0.39 is 97.1 Å². The van der Waals surface area contributed by atoms with Crippen molar-refractivity contribution in [3.8, 4) is 0 Å². The lowest BCUT2D eigenvalue weighted by atomic mass is 9.84. The van der Waals surface area contributed by atoms with Gasteiger partial charge in [0.25, 0.3) is 0 Å². The molecule has 20 heteroatoms. The first-order chi connectivity index (χ1) is 47.1. The van der Waals surface area contributed by atoms with Gasteiger partial charge in [-0.05, 0) is 51.8 Å². The van der Waals surface area contributed by atoms with Crippen molar-refractivity contribution in [2.24, 2.45) is 0 Å². The molecule has 1 fully saturated rings. The third-order valence-corrected chi connectivity index (χ3v) is 18.5. The molecule has 18 nitrogen and oxygen atoms in total. The maximum Gasteiger partial charge on any atom is 0.475 e. The summed E-state index contributed by atoms with van der Waals surface area (Å²) in [6.07, 6.45) is -1.16. The second-order valence-electron chi connectivity index (χ2n) is 23.4. The van der Waals surface area contributed by atoms with Crippen molar-refractivity contribution in [3.63, 3.8) is 0 Å². The molecule has 0 aromatic heterocycles. The normalized spacial score (nSPS) is 18.1. The quantitative estimate of drug-likeness (QED) is 0.0151. The second-order valence-corrected chi connectivity index (χ2v) is 26.7. The molecule has 3 unspecified atom stereocenters. The molecule has 1 saturated carbocycles. The van der Waals surface area contributed by atoms with E-state index in [2.05, 4.69) is 13.8 Å². The zero-order valence-electron chi connectivity index (χ0n) is 55.3. The van der Waals surface area contributed by atoms with E-state index in [0.717, 1.165) is 73.6 Å². The van der Waals surface area contributed by atoms with E-state index >= 15 is 9.13 Å². The molecule has 0 heterocycles. The van der Waals surface area contributed by atoms with Crippen LogP contribution >= 0.6 is 15.6 Å². The molecule has 0 bridgehead atoms. The number of benzene rings is 7. The van der Waals surface area contributed by atoms with Crippen LogP contribution in [0.2, 0.25) is 0 Å². The molecule has 0 N–H and O–H groups in total. The van der Waals surface area contributed by atoms with Crippen LogP contribution in [0.25, 0.3) is 0 Å². The van der Waals surface area contributed by atoms with Gasteiger partial charge >= 0.3 is 27.6 Å². The minimum absolute atomic E-state index is 0.0859. The van der Waals surface area contributed by atoms with E-state index in [1.165, 1.54) is 0 Å². The molecule has 8 rings (SSSR count). The lowest BCUT2D eigenvalue weighted by molar-refractivity contribution is -0.286. The van der Waals surface area contributed by atoms with Gasteiger partial charge < -0.3 is 37.9 Å². The largest absolute Gasteiger partial charge is 0.475 e. The van der Waals surface area contributed by atoms with Crippen LogP contribution in [0.3, 0.4) is 0 Å². The highest BCUT2D eigenvalue weighted by Crippen LogP contribution is 2.57. The molecule has 0 saturated heterocycles. The SMILES string of the molecule is CCCCCCCC(=O)OC[C@@H](COP(=O)(OCc1ccccc1)OC1[C@H](OCOCc2ccccc2)[C@H](OCc2ccccc2)C(OP(=O)(OCc2ccccc2)OCc2ccccc2)[C@H](OCc2ccccc2)[C@H]1OCOCc1ccccc1)OC(=O)CCCCCCC. The number of hydrogen-bond acceptors (Lipinski definition) is 18. The highest BCUT2D eigenvalue weighted by atomic mass is 31.2. The zero-order chi connectivity index (χ0) is 67.1. The van der Waals surface area contributed by atoms with Crippen LogP contribution in [-0.4, -0.2) is 81.5 Å². The summed E-state index contributed by atoms with van der Waals surface area (Å²) >= 11 is 0. The first-order valence-corrected chi connectivity index (χ1v) is 36.4. The van der Waals surface area contributed by atoms with E-state index in [1.54, 1.807) is 24.3 Å². The summed E-state index contributed by atoms with van der Waals surface area (Å²) < 4.78 is 125. The molecular formula is C76H94O18P2. The number of rotatable bonds is 47. The van der Waals surface area contributed by atoms with Crippen LogP contribution < -0.4 is 0 Å².